The van der Waals surface area contributed by atoms with Crippen LogP contribution in [0.15, 0.2) is 146 Å². The summed E-state index contributed by atoms with van der Waals surface area (Å²) in [6.07, 6.45) is 22.3. The molecule has 0 nitrogen and oxygen atoms in total. The summed E-state index contributed by atoms with van der Waals surface area (Å²) in [7, 11) is 0. The summed E-state index contributed by atoms with van der Waals surface area (Å²) >= 11 is 0. The number of fused-ring (bicyclic) bond motifs is 3. The van der Waals surface area contributed by atoms with Gasteiger partial charge in [0.25, 0.3) is 0 Å². The van der Waals surface area contributed by atoms with Gasteiger partial charge in [0.05, 0.1) is 0 Å². The second-order valence-corrected chi connectivity index (χ2v) is 26.1. The van der Waals surface area contributed by atoms with Crippen LogP contribution >= 0.6 is 0 Å². The van der Waals surface area contributed by atoms with Gasteiger partial charge in [0.15, 0.2) is 0 Å². The molecule has 0 saturated heterocycles. The van der Waals surface area contributed by atoms with Crippen molar-refractivity contribution in [1.82, 2.24) is 0 Å². The van der Waals surface area contributed by atoms with E-state index in [1.165, 1.54) is 51.8 Å². The molecule has 5 aromatic rings. The van der Waals surface area contributed by atoms with E-state index in [0.29, 0.717) is 27.1 Å². The van der Waals surface area contributed by atoms with E-state index in [1.54, 1.807) is 6.08 Å². The van der Waals surface area contributed by atoms with Gasteiger partial charge in [-0.25, -0.2) is 0 Å². The van der Waals surface area contributed by atoms with Gasteiger partial charge in [-0.1, -0.05) is 261 Å². The minimum absolute atomic E-state index is 0. The summed E-state index contributed by atoms with van der Waals surface area (Å²) in [5, 5.41) is 0. The molecule has 0 atom stereocenters. The van der Waals surface area contributed by atoms with Crippen LogP contribution in [0, 0.1) is 52.7 Å². The molecule has 398 valence electrons. The molecule has 3 aliphatic rings. The predicted molar refractivity (Wildman–Crippen MR) is 325 cm³/mol. The summed E-state index contributed by atoms with van der Waals surface area (Å²) in [6, 6.07) is 47.6. The molecule has 0 N–H and O–H groups in total. The van der Waals surface area contributed by atoms with Crippen molar-refractivity contribution < 1.29 is 65.4 Å². The van der Waals surface area contributed by atoms with Crippen molar-refractivity contribution in [3.8, 4) is 0 Å². The SMILES string of the molecule is C1=Cc2ccccc2C1.C1=Cc2ccccc2C1.C1=Cc2ccccc2CC1.CC(C)(C)C.CC(C)(C)C.CC(C)(C)C.CC(C)(C)C.CC(C)(C)C.[CH-]=CCc1[c-]cccc1.[CH2-]CCc1[c-]cccc1.[Y].[Y]. The Kier molecular flexibility index (Phi) is 44.6. The Morgan fingerprint density at radius 3 is 1.03 bits per heavy atom. The van der Waals surface area contributed by atoms with E-state index in [1.807, 2.05) is 42.5 Å². The Morgan fingerprint density at radius 2 is 0.726 bits per heavy atom. The Balaban J connectivity index is -0.000000367. The summed E-state index contributed by atoms with van der Waals surface area (Å²) in [5.74, 6) is 0. The second kappa shape index (κ2) is 42.4. The van der Waals surface area contributed by atoms with Gasteiger partial charge in [0.1, 0.15) is 0 Å². The number of hydrogen-bond acceptors (Lipinski definition) is 0. The maximum atomic E-state index is 5.22. The van der Waals surface area contributed by atoms with Crippen LogP contribution in [-0.4, -0.2) is 0 Å². The molecule has 0 fully saturated rings. The number of rotatable bonds is 4. The van der Waals surface area contributed by atoms with Crippen LogP contribution < -0.4 is 0 Å². The van der Waals surface area contributed by atoms with E-state index in [9.17, 15) is 0 Å². The number of benzene rings is 5. The van der Waals surface area contributed by atoms with Gasteiger partial charge in [-0.05, 0) is 86.1 Å². The van der Waals surface area contributed by atoms with E-state index in [4.69, 9.17) is 6.58 Å². The molecule has 0 amide bonds. The fourth-order valence-corrected chi connectivity index (χ4v) is 5.23. The van der Waals surface area contributed by atoms with Crippen LogP contribution in [0.2, 0.25) is 0 Å². The first-order valence-electron chi connectivity index (χ1n) is 26.2. The normalized spacial score (nSPS) is 11.8. The average Bonchev–Trinajstić information content (AvgIpc) is 3.94. The molecule has 5 aromatic carbocycles. The monoisotopic (exact) mass is 1130 g/mol. The third-order valence-electron chi connectivity index (χ3n) is 7.64. The minimum Gasteiger partial charge on any atom is -0.518 e. The van der Waals surface area contributed by atoms with Crippen molar-refractivity contribution in [3.63, 3.8) is 0 Å². The molecule has 0 unspecified atom stereocenters. The minimum atomic E-state index is 0. The van der Waals surface area contributed by atoms with Gasteiger partial charge < -0.3 is 13.5 Å². The molecule has 0 aliphatic heterocycles. The molecule has 0 heterocycles. The van der Waals surface area contributed by atoms with E-state index >= 15 is 0 Å². The first kappa shape index (κ1) is 76.8. The van der Waals surface area contributed by atoms with Crippen molar-refractivity contribution in [3.05, 3.63) is 216 Å². The Hall–Kier alpha value is -2.73. The van der Waals surface area contributed by atoms with Crippen LogP contribution in [0.3, 0.4) is 0 Å². The van der Waals surface area contributed by atoms with Crippen LogP contribution in [-0.2, 0) is 97.5 Å². The van der Waals surface area contributed by atoms with Crippen molar-refractivity contribution in [2.45, 2.75) is 183 Å². The molecule has 2 radical (unpaired) electrons. The predicted octanol–water partition coefficient (Wildman–Crippen LogP) is 21.7. The smallest absolute Gasteiger partial charge is 0 e. The van der Waals surface area contributed by atoms with Gasteiger partial charge >= 0.3 is 0 Å². The molecule has 0 spiro atoms. The first-order chi connectivity index (χ1) is 32.8. The summed E-state index contributed by atoms with van der Waals surface area (Å²) in [6.45, 7) is 52.7. The van der Waals surface area contributed by atoms with E-state index in [2.05, 4.69) is 273 Å². The summed E-state index contributed by atoms with van der Waals surface area (Å²) < 4.78 is 0. The molecule has 2 heteroatoms. The van der Waals surface area contributed by atoms with Gasteiger partial charge in [-0.2, -0.15) is 78.2 Å². The molecule has 0 saturated carbocycles. The standard InChI is InChI=1S/C10H10.2C9H8.C9H10.C9H8.5C5H12.2Y/c1-2-6-10-8-4-3-7-9(10)5-1;2*1-2-5-9-7-3-6-8(9)4-1;2*1-2-6-9-7-4-3-5-8-9;5*1-5(2,3)4;;/h1-3,5-7H,4,8H2;2*1-6H,7H2;3-5,7H,1-2,6H2;1-5,7H,6H2;5*1-4H3;;/q;;;2*-2;;;;;;;. The molecule has 73 heavy (non-hydrogen) atoms. The number of allylic oxidation sites excluding steroid dienone is 4. The zero-order chi connectivity index (χ0) is 54.6. The van der Waals surface area contributed by atoms with Gasteiger partial charge in [-0.15, -0.1) is 0 Å². The summed E-state index contributed by atoms with van der Waals surface area (Å²) in [5.41, 5.74) is 13.5. The van der Waals surface area contributed by atoms with Crippen molar-refractivity contribution in [1.29, 1.82) is 0 Å². The molecule has 3 aliphatic carbocycles. The Bertz CT molecular complexity index is 1990. The van der Waals surface area contributed by atoms with Gasteiger partial charge in [-0.3, -0.25) is 6.08 Å². The maximum Gasteiger partial charge on any atom is 0 e. The van der Waals surface area contributed by atoms with Crippen molar-refractivity contribution >= 4 is 18.2 Å². The fourth-order valence-electron chi connectivity index (χ4n) is 5.23. The Morgan fingerprint density at radius 1 is 0.425 bits per heavy atom. The van der Waals surface area contributed by atoms with E-state index < -0.39 is 0 Å². The van der Waals surface area contributed by atoms with Crippen LogP contribution in [0.5, 0.6) is 0 Å². The molecular formula is C71H104Y2-4. The van der Waals surface area contributed by atoms with Crippen molar-refractivity contribution in [2.75, 3.05) is 0 Å². The number of aryl methyl sites for hydroxylation is 2. The third kappa shape index (κ3) is 61.7. The van der Waals surface area contributed by atoms with Gasteiger partial charge in [0, 0.05) is 65.4 Å². The average molecular weight is 1140 g/mol. The topological polar surface area (TPSA) is 0 Å². The molecule has 8 rings (SSSR count). The zero-order valence-corrected chi connectivity index (χ0v) is 56.2. The van der Waals surface area contributed by atoms with E-state index in [0.717, 1.165) is 37.7 Å². The second-order valence-electron chi connectivity index (χ2n) is 26.1. The molecule has 0 aromatic heterocycles. The molecule has 0 bridgehead atoms. The quantitative estimate of drug-likeness (QED) is 0.157. The zero-order valence-electron chi connectivity index (χ0n) is 50.5. The third-order valence-corrected chi connectivity index (χ3v) is 7.64. The van der Waals surface area contributed by atoms with Crippen molar-refractivity contribution in [2.24, 2.45) is 27.1 Å². The van der Waals surface area contributed by atoms with E-state index in [-0.39, 0.29) is 65.4 Å². The summed E-state index contributed by atoms with van der Waals surface area (Å²) in [4.78, 5) is 0. The largest absolute Gasteiger partial charge is 0.518 e. The van der Waals surface area contributed by atoms with Crippen LogP contribution in [0.4, 0.5) is 0 Å². The van der Waals surface area contributed by atoms with Gasteiger partial charge in [0.2, 0.25) is 0 Å². The number of hydrogen-bond donors (Lipinski definition) is 0. The molecular weight excluding hydrogens is 1030 g/mol. The van der Waals surface area contributed by atoms with Crippen LogP contribution in [0.1, 0.15) is 196 Å². The van der Waals surface area contributed by atoms with Crippen LogP contribution in [0.25, 0.3) is 18.2 Å². The fraction of sp³-hybridized carbons (Fsp3) is 0.451. The Labute approximate surface area is 505 Å². The maximum absolute atomic E-state index is 5.22. The first-order valence-corrected chi connectivity index (χ1v) is 26.2.